The molecule has 2 rings (SSSR count). The van der Waals surface area contributed by atoms with Gasteiger partial charge in [0, 0.05) is 24.8 Å². The molecular formula is C20H17ClN2O4. The van der Waals surface area contributed by atoms with Crippen LogP contribution in [0.3, 0.4) is 0 Å². The molecule has 0 radical (unpaired) electrons. The number of esters is 1. The van der Waals surface area contributed by atoms with Crippen LogP contribution in [-0.2, 0) is 9.59 Å². The number of amides is 1. The first kappa shape index (κ1) is 20.0. The molecule has 0 aromatic heterocycles. The predicted molar refractivity (Wildman–Crippen MR) is 103 cm³/mol. The van der Waals surface area contributed by atoms with E-state index in [4.69, 9.17) is 26.3 Å². The van der Waals surface area contributed by atoms with Crippen molar-refractivity contribution in [2.75, 3.05) is 11.9 Å². The number of benzene rings is 2. The molecule has 0 aliphatic rings. The van der Waals surface area contributed by atoms with Crippen LogP contribution in [0.15, 0.2) is 42.5 Å². The van der Waals surface area contributed by atoms with E-state index in [1.54, 1.807) is 37.3 Å². The Hall–Kier alpha value is -3.30. The molecule has 0 aliphatic carbocycles. The van der Waals surface area contributed by atoms with Crippen LogP contribution in [0.5, 0.6) is 11.5 Å². The van der Waals surface area contributed by atoms with Gasteiger partial charge in [-0.2, -0.15) is 5.26 Å². The maximum atomic E-state index is 12.1. The lowest BCUT2D eigenvalue weighted by Gasteiger charge is -2.11. The van der Waals surface area contributed by atoms with Gasteiger partial charge >= 0.3 is 5.97 Å². The van der Waals surface area contributed by atoms with Gasteiger partial charge in [0.2, 0.25) is 5.91 Å². The predicted octanol–water partition coefficient (Wildman–Crippen LogP) is 4.19. The molecule has 0 heterocycles. The van der Waals surface area contributed by atoms with Crippen LogP contribution in [0.1, 0.15) is 25.0 Å². The zero-order chi connectivity index (χ0) is 19.8. The maximum Gasteiger partial charge on any atom is 0.336 e. The van der Waals surface area contributed by atoms with Gasteiger partial charge in [-0.05, 0) is 36.8 Å². The quantitative estimate of drug-likeness (QED) is 0.458. The van der Waals surface area contributed by atoms with E-state index >= 15 is 0 Å². The number of hydrogen-bond acceptors (Lipinski definition) is 5. The molecule has 1 amide bonds. The minimum atomic E-state index is -0.645. The van der Waals surface area contributed by atoms with Crippen LogP contribution in [-0.4, -0.2) is 18.5 Å². The Bertz CT molecular complexity index is 915. The van der Waals surface area contributed by atoms with E-state index in [0.29, 0.717) is 17.9 Å². The van der Waals surface area contributed by atoms with Crippen LogP contribution in [0.25, 0.3) is 6.08 Å². The average molecular weight is 385 g/mol. The number of anilines is 1. The molecule has 27 heavy (non-hydrogen) atoms. The van der Waals surface area contributed by atoms with Gasteiger partial charge < -0.3 is 14.8 Å². The molecule has 7 heteroatoms. The van der Waals surface area contributed by atoms with Crippen LogP contribution in [0, 0.1) is 11.3 Å². The Morgan fingerprint density at radius 1 is 1.26 bits per heavy atom. The van der Waals surface area contributed by atoms with Crippen molar-refractivity contribution in [2.45, 2.75) is 13.8 Å². The van der Waals surface area contributed by atoms with Gasteiger partial charge in [-0.3, -0.25) is 4.79 Å². The van der Waals surface area contributed by atoms with Crippen LogP contribution in [0.4, 0.5) is 5.69 Å². The number of carbonyl (C=O) groups is 2. The van der Waals surface area contributed by atoms with Gasteiger partial charge in [0.05, 0.1) is 23.3 Å². The smallest absolute Gasteiger partial charge is 0.336 e. The number of rotatable bonds is 6. The molecule has 0 atom stereocenters. The van der Waals surface area contributed by atoms with Crippen LogP contribution < -0.4 is 14.8 Å². The summed E-state index contributed by atoms with van der Waals surface area (Å²) in [4.78, 5) is 23.1. The van der Waals surface area contributed by atoms with Gasteiger partial charge in [-0.15, -0.1) is 0 Å². The highest BCUT2D eigenvalue weighted by atomic mass is 35.5. The molecular weight excluding hydrogens is 368 g/mol. The van der Waals surface area contributed by atoms with Crippen molar-refractivity contribution in [3.8, 4) is 17.6 Å². The van der Waals surface area contributed by atoms with E-state index in [-0.39, 0.29) is 22.4 Å². The first-order valence-corrected chi connectivity index (χ1v) is 8.44. The zero-order valence-electron chi connectivity index (χ0n) is 14.8. The molecule has 138 valence electrons. The van der Waals surface area contributed by atoms with Crippen LogP contribution >= 0.6 is 11.6 Å². The summed E-state index contributed by atoms with van der Waals surface area (Å²) in [7, 11) is 0. The average Bonchev–Trinajstić information content (AvgIpc) is 2.63. The molecule has 0 unspecified atom stereocenters. The second-order valence-corrected chi connectivity index (χ2v) is 5.79. The SMILES string of the molecule is CCOc1cc(C#N)cc(Cl)c1OC(=O)/C=C/c1ccc(NC(C)=O)cc1. The Morgan fingerprint density at radius 2 is 1.96 bits per heavy atom. The molecule has 0 bridgehead atoms. The van der Waals surface area contributed by atoms with Gasteiger partial charge in [0.1, 0.15) is 0 Å². The molecule has 0 saturated heterocycles. The lowest BCUT2D eigenvalue weighted by molar-refractivity contribution is -0.129. The molecule has 0 saturated carbocycles. The highest BCUT2D eigenvalue weighted by Gasteiger charge is 2.15. The molecule has 0 spiro atoms. The molecule has 6 nitrogen and oxygen atoms in total. The summed E-state index contributed by atoms with van der Waals surface area (Å²) in [5.41, 5.74) is 1.71. The fourth-order valence-electron chi connectivity index (χ4n) is 2.17. The Balaban J connectivity index is 2.12. The lowest BCUT2D eigenvalue weighted by Crippen LogP contribution is -2.07. The summed E-state index contributed by atoms with van der Waals surface area (Å²) in [6, 6.07) is 11.8. The normalized spacial score (nSPS) is 10.3. The topological polar surface area (TPSA) is 88.4 Å². The van der Waals surface area contributed by atoms with Crippen molar-refractivity contribution in [2.24, 2.45) is 0 Å². The van der Waals surface area contributed by atoms with Crippen molar-refractivity contribution in [1.29, 1.82) is 5.26 Å². The summed E-state index contributed by atoms with van der Waals surface area (Å²) in [6.45, 7) is 3.52. The number of nitrogens with one attached hydrogen (secondary N) is 1. The van der Waals surface area contributed by atoms with E-state index < -0.39 is 5.97 Å². The number of nitriles is 1. The molecule has 2 aromatic carbocycles. The van der Waals surface area contributed by atoms with Crippen LogP contribution in [0.2, 0.25) is 5.02 Å². The third-order valence-corrected chi connectivity index (χ3v) is 3.56. The number of halogens is 1. The van der Waals surface area contributed by atoms with Crippen molar-refractivity contribution in [1.82, 2.24) is 0 Å². The minimum Gasteiger partial charge on any atom is -0.490 e. The summed E-state index contributed by atoms with van der Waals surface area (Å²) >= 11 is 6.10. The summed E-state index contributed by atoms with van der Waals surface area (Å²) < 4.78 is 10.7. The largest absolute Gasteiger partial charge is 0.490 e. The third kappa shape index (κ3) is 5.87. The van der Waals surface area contributed by atoms with Crippen molar-refractivity contribution >= 4 is 35.2 Å². The zero-order valence-corrected chi connectivity index (χ0v) is 15.5. The second-order valence-electron chi connectivity index (χ2n) is 5.39. The van der Waals surface area contributed by atoms with E-state index in [0.717, 1.165) is 5.56 Å². The Kier molecular flexibility index (Phi) is 6.98. The van der Waals surface area contributed by atoms with E-state index in [1.165, 1.54) is 25.1 Å². The number of nitrogens with zero attached hydrogens (tertiary/aromatic N) is 1. The van der Waals surface area contributed by atoms with Gasteiger partial charge in [-0.25, -0.2) is 4.79 Å². The van der Waals surface area contributed by atoms with Crippen molar-refractivity contribution in [3.63, 3.8) is 0 Å². The monoisotopic (exact) mass is 384 g/mol. The summed E-state index contributed by atoms with van der Waals surface area (Å²) in [5, 5.41) is 11.8. The van der Waals surface area contributed by atoms with E-state index in [1.807, 2.05) is 6.07 Å². The summed E-state index contributed by atoms with van der Waals surface area (Å²) in [6.07, 6.45) is 2.81. The maximum absolute atomic E-state index is 12.1. The standard InChI is InChI=1S/C20H17ClN2O4/c1-3-26-18-11-15(12-22)10-17(21)20(18)27-19(25)9-6-14-4-7-16(8-5-14)23-13(2)24/h4-11H,3H2,1-2H3,(H,23,24)/b9-6+. The fraction of sp³-hybridized carbons (Fsp3) is 0.150. The fourth-order valence-corrected chi connectivity index (χ4v) is 2.42. The van der Waals surface area contributed by atoms with Crippen molar-refractivity contribution < 1.29 is 19.1 Å². The van der Waals surface area contributed by atoms with Gasteiger partial charge in [0.25, 0.3) is 0 Å². The number of hydrogen-bond donors (Lipinski definition) is 1. The summed E-state index contributed by atoms with van der Waals surface area (Å²) in [5.74, 6) is -0.518. The second kappa shape index (κ2) is 9.41. The molecule has 0 aliphatic heterocycles. The first-order chi connectivity index (χ1) is 12.9. The Labute approximate surface area is 162 Å². The van der Waals surface area contributed by atoms with Gasteiger partial charge in [-0.1, -0.05) is 23.7 Å². The molecule has 2 aromatic rings. The van der Waals surface area contributed by atoms with Crippen molar-refractivity contribution in [3.05, 3.63) is 58.6 Å². The van der Waals surface area contributed by atoms with E-state index in [9.17, 15) is 9.59 Å². The molecule has 0 fully saturated rings. The molecule has 1 N–H and O–H groups in total. The Morgan fingerprint density at radius 3 is 2.56 bits per heavy atom. The number of ether oxygens (including phenoxy) is 2. The number of carbonyl (C=O) groups excluding carboxylic acids is 2. The van der Waals surface area contributed by atoms with E-state index in [2.05, 4.69) is 5.32 Å². The third-order valence-electron chi connectivity index (χ3n) is 3.28. The first-order valence-electron chi connectivity index (χ1n) is 8.07. The van der Waals surface area contributed by atoms with Gasteiger partial charge in [0.15, 0.2) is 11.5 Å². The lowest BCUT2D eigenvalue weighted by atomic mass is 10.2. The minimum absolute atomic E-state index is 0.0631. The highest BCUT2D eigenvalue weighted by Crippen LogP contribution is 2.36. The highest BCUT2D eigenvalue weighted by molar-refractivity contribution is 6.32.